The van der Waals surface area contributed by atoms with Crippen LogP contribution >= 0.6 is 0 Å². The van der Waals surface area contributed by atoms with Crippen LogP contribution in [0.5, 0.6) is 0 Å². The van der Waals surface area contributed by atoms with Crippen molar-refractivity contribution < 1.29 is 14.6 Å². The minimum Gasteiger partial charge on any atom is -0.444 e. The molecule has 0 saturated carbocycles. The van der Waals surface area contributed by atoms with Gasteiger partial charge in [-0.1, -0.05) is 0 Å². The van der Waals surface area contributed by atoms with E-state index in [9.17, 15) is 4.79 Å². The van der Waals surface area contributed by atoms with Crippen molar-refractivity contribution in [2.75, 3.05) is 27.2 Å². The van der Waals surface area contributed by atoms with Gasteiger partial charge in [0.1, 0.15) is 5.60 Å². The van der Waals surface area contributed by atoms with Crippen LogP contribution in [0.25, 0.3) is 0 Å². The molecule has 1 atom stereocenters. The van der Waals surface area contributed by atoms with Gasteiger partial charge in [-0.2, -0.15) is 0 Å². The maximum absolute atomic E-state index is 11.4. The molecule has 0 aliphatic heterocycles. The monoisotopic (exact) mass is 232 g/mol. The molecule has 0 aromatic heterocycles. The highest BCUT2D eigenvalue weighted by Gasteiger charge is 2.18. The Morgan fingerprint density at radius 2 is 2.00 bits per heavy atom. The largest absolute Gasteiger partial charge is 0.444 e. The first-order valence-electron chi connectivity index (χ1n) is 5.49. The van der Waals surface area contributed by atoms with Gasteiger partial charge in [-0.15, -0.1) is 0 Å². The van der Waals surface area contributed by atoms with Crippen LogP contribution in [0.3, 0.4) is 0 Å². The lowest BCUT2D eigenvalue weighted by atomic mass is 10.2. The molecule has 0 bridgehead atoms. The second-order valence-electron chi connectivity index (χ2n) is 5.12. The molecule has 5 heteroatoms. The Morgan fingerprint density at radius 3 is 2.38 bits per heavy atom. The number of carbonyl (C=O) groups excluding carboxylic acids is 1. The van der Waals surface area contributed by atoms with E-state index in [2.05, 4.69) is 5.32 Å². The van der Waals surface area contributed by atoms with E-state index in [1.54, 1.807) is 20.8 Å². The number of amides is 1. The number of carbonyl (C=O) groups is 1. The quantitative estimate of drug-likeness (QED) is 0.737. The van der Waals surface area contributed by atoms with Crippen LogP contribution in [0, 0.1) is 0 Å². The fourth-order valence-electron chi connectivity index (χ4n) is 1.10. The maximum atomic E-state index is 11.4. The number of ether oxygens (including phenoxy) is 1. The Morgan fingerprint density at radius 1 is 1.44 bits per heavy atom. The number of nitrogens with one attached hydrogen (secondary N) is 1. The van der Waals surface area contributed by atoms with E-state index >= 15 is 0 Å². The lowest BCUT2D eigenvalue weighted by Crippen LogP contribution is -2.42. The first kappa shape index (κ1) is 15.2. The maximum Gasteiger partial charge on any atom is 0.407 e. The van der Waals surface area contributed by atoms with Gasteiger partial charge in [-0.25, -0.2) is 4.79 Å². The third kappa shape index (κ3) is 8.49. The Labute approximate surface area is 97.8 Å². The average Bonchev–Trinajstić information content (AvgIpc) is 2.08. The molecule has 2 N–H and O–H groups in total. The third-order valence-electron chi connectivity index (χ3n) is 1.87. The summed E-state index contributed by atoms with van der Waals surface area (Å²) in [5.41, 5.74) is -0.508. The number of hydrogen-bond donors (Lipinski definition) is 2. The van der Waals surface area contributed by atoms with Crippen LogP contribution in [0.1, 0.15) is 27.2 Å². The zero-order valence-corrected chi connectivity index (χ0v) is 10.9. The molecule has 16 heavy (non-hydrogen) atoms. The summed E-state index contributed by atoms with van der Waals surface area (Å²) < 4.78 is 5.10. The van der Waals surface area contributed by atoms with Crippen molar-refractivity contribution in [2.45, 2.75) is 38.8 Å². The van der Waals surface area contributed by atoms with E-state index in [1.807, 2.05) is 19.0 Å². The zero-order valence-electron chi connectivity index (χ0n) is 10.9. The zero-order chi connectivity index (χ0) is 12.8. The molecule has 1 amide bonds. The Bertz CT molecular complexity index is 212. The van der Waals surface area contributed by atoms with Gasteiger partial charge in [0.15, 0.2) is 0 Å². The fourth-order valence-corrected chi connectivity index (χ4v) is 1.10. The van der Waals surface area contributed by atoms with Gasteiger partial charge in [-0.05, 0) is 47.8 Å². The molecule has 96 valence electrons. The van der Waals surface area contributed by atoms with Crippen LogP contribution in [0.15, 0.2) is 0 Å². The van der Waals surface area contributed by atoms with Crippen LogP contribution in [0.4, 0.5) is 4.79 Å². The van der Waals surface area contributed by atoms with Gasteiger partial charge in [0.25, 0.3) is 0 Å². The molecule has 0 fully saturated rings. The summed E-state index contributed by atoms with van der Waals surface area (Å²) >= 11 is 0. The molecule has 0 aliphatic carbocycles. The molecular formula is C11H24N2O3. The van der Waals surface area contributed by atoms with Crippen molar-refractivity contribution in [3.05, 3.63) is 0 Å². The minimum absolute atomic E-state index is 0.0763. The van der Waals surface area contributed by atoms with Gasteiger partial charge < -0.3 is 20.1 Å². The smallest absolute Gasteiger partial charge is 0.407 e. The van der Waals surface area contributed by atoms with Crippen LogP contribution in [-0.2, 0) is 4.74 Å². The lowest BCUT2D eigenvalue weighted by Gasteiger charge is -2.23. The topological polar surface area (TPSA) is 61.8 Å². The summed E-state index contributed by atoms with van der Waals surface area (Å²) in [6, 6.07) is -0.253. The SMILES string of the molecule is CN(C)CC[C@@H](CO)NC(=O)OC(C)(C)C. The van der Waals surface area contributed by atoms with E-state index in [-0.39, 0.29) is 12.6 Å². The fraction of sp³-hybridized carbons (Fsp3) is 0.909. The van der Waals surface area contributed by atoms with Crippen LogP contribution in [0.2, 0.25) is 0 Å². The molecule has 0 spiro atoms. The third-order valence-corrected chi connectivity index (χ3v) is 1.87. The number of nitrogens with zero attached hydrogens (tertiary/aromatic N) is 1. The molecule has 0 aromatic carbocycles. The summed E-state index contributed by atoms with van der Waals surface area (Å²) in [6.07, 6.45) is 0.216. The average molecular weight is 232 g/mol. The Balaban J connectivity index is 3.97. The number of hydrogen-bond acceptors (Lipinski definition) is 4. The van der Waals surface area contributed by atoms with Crippen molar-refractivity contribution in [2.24, 2.45) is 0 Å². The van der Waals surface area contributed by atoms with Crippen molar-refractivity contribution >= 4 is 6.09 Å². The van der Waals surface area contributed by atoms with Gasteiger partial charge in [-0.3, -0.25) is 0 Å². The van der Waals surface area contributed by atoms with Crippen LogP contribution < -0.4 is 5.32 Å². The van der Waals surface area contributed by atoms with Gasteiger partial charge >= 0.3 is 6.09 Å². The predicted octanol–water partition coefficient (Wildman–Crippen LogP) is 0.824. The molecule has 0 saturated heterocycles. The highest BCUT2D eigenvalue weighted by Crippen LogP contribution is 2.07. The molecule has 0 rings (SSSR count). The molecule has 0 unspecified atom stereocenters. The summed E-state index contributed by atoms with van der Waals surface area (Å²) in [5.74, 6) is 0. The highest BCUT2D eigenvalue weighted by atomic mass is 16.6. The Hall–Kier alpha value is -0.810. The van der Waals surface area contributed by atoms with Crippen molar-refractivity contribution in [1.29, 1.82) is 0 Å². The summed E-state index contributed by atoms with van der Waals surface area (Å²) in [7, 11) is 3.89. The number of rotatable bonds is 5. The van der Waals surface area contributed by atoms with E-state index in [0.29, 0.717) is 6.42 Å². The summed E-state index contributed by atoms with van der Waals surface area (Å²) in [4.78, 5) is 13.4. The van der Waals surface area contributed by atoms with Gasteiger partial charge in [0.05, 0.1) is 12.6 Å². The predicted molar refractivity (Wildman–Crippen MR) is 63.4 cm³/mol. The number of aliphatic hydroxyl groups is 1. The lowest BCUT2D eigenvalue weighted by molar-refractivity contribution is 0.0476. The highest BCUT2D eigenvalue weighted by molar-refractivity contribution is 5.68. The second-order valence-corrected chi connectivity index (χ2v) is 5.12. The molecule has 5 nitrogen and oxygen atoms in total. The first-order chi connectivity index (χ1) is 7.24. The number of alkyl carbamates (subject to hydrolysis) is 1. The van der Waals surface area contributed by atoms with E-state index in [1.165, 1.54) is 0 Å². The molecule has 0 aliphatic rings. The van der Waals surface area contributed by atoms with E-state index in [4.69, 9.17) is 9.84 Å². The van der Waals surface area contributed by atoms with Crippen LogP contribution in [-0.4, -0.2) is 55.0 Å². The van der Waals surface area contributed by atoms with Crippen molar-refractivity contribution in [3.63, 3.8) is 0 Å². The molecule has 0 radical (unpaired) electrons. The summed E-state index contributed by atoms with van der Waals surface area (Å²) in [6.45, 7) is 6.15. The molecule has 0 heterocycles. The van der Waals surface area contributed by atoms with E-state index < -0.39 is 11.7 Å². The van der Waals surface area contributed by atoms with Crippen molar-refractivity contribution in [3.8, 4) is 0 Å². The standard InChI is InChI=1S/C11H24N2O3/c1-11(2,3)16-10(15)12-9(8-14)6-7-13(4)5/h9,14H,6-8H2,1-5H3,(H,12,15)/t9-/m0/s1. The Kier molecular flexibility index (Phi) is 6.36. The normalized spacial score (nSPS) is 13.7. The first-order valence-corrected chi connectivity index (χ1v) is 5.49. The molecule has 0 aromatic rings. The van der Waals surface area contributed by atoms with Gasteiger partial charge in [0, 0.05) is 0 Å². The number of aliphatic hydroxyl groups excluding tert-OH is 1. The van der Waals surface area contributed by atoms with Crippen molar-refractivity contribution in [1.82, 2.24) is 10.2 Å². The van der Waals surface area contributed by atoms with E-state index in [0.717, 1.165) is 6.54 Å². The second kappa shape index (κ2) is 6.70. The molecular weight excluding hydrogens is 208 g/mol. The minimum atomic E-state index is -0.508. The van der Waals surface area contributed by atoms with Gasteiger partial charge in [0.2, 0.25) is 0 Å². The summed E-state index contributed by atoms with van der Waals surface area (Å²) in [5, 5.41) is 11.7.